The second-order valence-corrected chi connectivity index (χ2v) is 5.83. The van der Waals surface area contributed by atoms with Gasteiger partial charge in [0.05, 0.1) is 31.0 Å². The van der Waals surface area contributed by atoms with Gasteiger partial charge in [0, 0.05) is 6.54 Å². The highest BCUT2D eigenvalue weighted by molar-refractivity contribution is 6.31. The third-order valence-corrected chi connectivity index (χ3v) is 4.13. The van der Waals surface area contributed by atoms with E-state index in [9.17, 15) is 14.4 Å². The van der Waals surface area contributed by atoms with Gasteiger partial charge in [0.1, 0.15) is 17.6 Å². The van der Waals surface area contributed by atoms with Gasteiger partial charge in [-0.3, -0.25) is 15.6 Å². The van der Waals surface area contributed by atoms with Crippen molar-refractivity contribution in [1.29, 1.82) is 0 Å². The number of nitrogens with one attached hydrogen (secondary N) is 1. The highest BCUT2D eigenvalue weighted by Gasteiger charge is 2.35. The summed E-state index contributed by atoms with van der Waals surface area (Å²) in [6.07, 6.45) is -0.571. The third-order valence-electron chi connectivity index (χ3n) is 3.84. The Kier molecular flexibility index (Phi) is 5.84. The van der Waals surface area contributed by atoms with Crippen molar-refractivity contribution in [2.24, 2.45) is 4.99 Å². The molecule has 0 spiro atoms. The monoisotopic (exact) mass is 399 g/mol. The molecule has 1 atom stereocenters. The number of hydroxylamine groups is 1. The number of carbonyl (C=O) groups is 1. The maximum Gasteiger partial charge on any atom is 0.410 e. The van der Waals surface area contributed by atoms with E-state index in [1.165, 1.54) is 24.1 Å². The van der Waals surface area contributed by atoms with E-state index in [-0.39, 0.29) is 41.1 Å². The number of ether oxygens (including phenoxy) is 2. The number of rotatable bonds is 3. The minimum absolute atomic E-state index is 0.0438. The molecule has 1 aliphatic heterocycles. The molecule has 27 heavy (non-hydrogen) atoms. The minimum Gasteiger partial charge on any atom is -0.453 e. The molecular weight excluding hydrogens is 385 g/mol. The van der Waals surface area contributed by atoms with Gasteiger partial charge in [-0.2, -0.15) is 0 Å². The lowest BCUT2D eigenvalue weighted by Crippen LogP contribution is -2.44. The normalized spacial score (nSPS) is 17.7. The molecule has 1 amide bonds. The largest absolute Gasteiger partial charge is 0.453 e. The van der Waals surface area contributed by atoms with E-state index >= 15 is 0 Å². The second-order valence-electron chi connectivity index (χ2n) is 5.42. The van der Waals surface area contributed by atoms with Crippen LogP contribution in [0.15, 0.2) is 27.8 Å². The second kappa shape index (κ2) is 8.29. The van der Waals surface area contributed by atoms with Crippen molar-refractivity contribution < 1.29 is 28.5 Å². The molecule has 10 nitrogen and oxygen atoms in total. The zero-order valence-electron chi connectivity index (χ0n) is 14.1. The highest BCUT2D eigenvalue weighted by atomic mass is 35.5. The molecule has 144 valence electrons. The van der Waals surface area contributed by atoms with Crippen LogP contribution in [-0.2, 0) is 9.47 Å². The Morgan fingerprint density at radius 2 is 2.33 bits per heavy atom. The fourth-order valence-corrected chi connectivity index (χ4v) is 2.73. The molecule has 12 heteroatoms. The Bertz CT molecular complexity index is 861. The number of nitrogens with zero attached hydrogens (tertiary/aromatic N) is 4. The number of aliphatic imine (C=N–C) groups is 1. The highest BCUT2D eigenvalue weighted by Crippen LogP contribution is 2.27. The molecule has 1 fully saturated rings. The van der Waals surface area contributed by atoms with Crippen LogP contribution in [0.25, 0.3) is 0 Å². The number of methoxy groups -OCH3 is 1. The molecule has 2 heterocycles. The molecule has 0 aliphatic carbocycles. The SMILES string of the molecule is COC(=O)N1CCOCC1c1nonc1C(=Nc1ccc(F)c(Cl)c1)NO. The van der Waals surface area contributed by atoms with Gasteiger partial charge < -0.3 is 9.47 Å². The van der Waals surface area contributed by atoms with Crippen LogP contribution in [0.1, 0.15) is 17.4 Å². The maximum absolute atomic E-state index is 13.3. The lowest BCUT2D eigenvalue weighted by atomic mass is 10.1. The predicted octanol–water partition coefficient (Wildman–Crippen LogP) is 2.06. The van der Waals surface area contributed by atoms with Gasteiger partial charge in [0.2, 0.25) is 0 Å². The summed E-state index contributed by atoms with van der Waals surface area (Å²) in [4.78, 5) is 17.5. The van der Waals surface area contributed by atoms with Crippen LogP contribution >= 0.6 is 11.6 Å². The van der Waals surface area contributed by atoms with Crippen molar-refractivity contribution in [1.82, 2.24) is 20.7 Å². The quantitative estimate of drug-likeness (QED) is 0.457. The molecule has 2 N–H and O–H groups in total. The first kappa shape index (κ1) is 19.0. The summed E-state index contributed by atoms with van der Waals surface area (Å²) < 4.78 is 28.3. The van der Waals surface area contributed by atoms with Gasteiger partial charge in [-0.1, -0.05) is 16.8 Å². The molecule has 1 aliphatic rings. The summed E-state index contributed by atoms with van der Waals surface area (Å²) in [7, 11) is 1.26. The predicted molar refractivity (Wildman–Crippen MR) is 89.5 cm³/mol. The van der Waals surface area contributed by atoms with Crippen molar-refractivity contribution in [3.63, 3.8) is 0 Å². The van der Waals surface area contributed by atoms with Gasteiger partial charge in [0.15, 0.2) is 11.5 Å². The Morgan fingerprint density at radius 3 is 3.04 bits per heavy atom. The van der Waals surface area contributed by atoms with Crippen molar-refractivity contribution in [2.75, 3.05) is 26.9 Å². The topological polar surface area (TPSA) is 122 Å². The van der Waals surface area contributed by atoms with E-state index in [0.717, 1.165) is 6.07 Å². The van der Waals surface area contributed by atoms with Crippen LogP contribution in [0.4, 0.5) is 14.9 Å². The smallest absolute Gasteiger partial charge is 0.410 e. The number of morpholine rings is 1. The summed E-state index contributed by atoms with van der Waals surface area (Å²) in [5.41, 5.74) is 2.39. The van der Waals surface area contributed by atoms with Gasteiger partial charge in [-0.15, -0.1) is 0 Å². The third kappa shape index (κ3) is 3.99. The number of carbonyl (C=O) groups excluding carboxylic acids is 1. The average Bonchev–Trinajstić information content (AvgIpc) is 3.17. The van der Waals surface area contributed by atoms with E-state index < -0.39 is 18.0 Å². The van der Waals surface area contributed by atoms with Crippen LogP contribution in [0, 0.1) is 5.82 Å². The van der Waals surface area contributed by atoms with Gasteiger partial charge in [-0.05, 0) is 23.4 Å². The zero-order chi connectivity index (χ0) is 19.4. The van der Waals surface area contributed by atoms with Gasteiger partial charge in [0.25, 0.3) is 0 Å². The molecule has 0 radical (unpaired) electrons. The minimum atomic E-state index is -0.664. The van der Waals surface area contributed by atoms with Crippen LogP contribution in [-0.4, -0.2) is 59.2 Å². The number of hydrogen-bond donors (Lipinski definition) is 2. The number of amidine groups is 1. The Balaban J connectivity index is 1.97. The zero-order valence-corrected chi connectivity index (χ0v) is 14.8. The molecule has 3 rings (SSSR count). The molecule has 2 aromatic rings. The molecule has 1 aromatic heterocycles. The standard InChI is InChI=1S/C15H15ClFN5O5/c1-25-15(23)22-4-5-26-7-11(22)12-13(21-27-20-12)14(19-24)18-8-2-3-10(17)9(16)6-8/h2-3,6,11,24H,4-5,7H2,1H3,(H,18,19). The Hall–Kier alpha value is -2.76. The van der Waals surface area contributed by atoms with E-state index in [0.29, 0.717) is 6.61 Å². The van der Waals surface area contributed by atoms with E-state index in [1.807, 2.05) is 5.48 Å². The lowest BCUT2D eigenvalue weighted by Gasteiger charge is -2.33. The summed E-state index contributed by atoms with van der Waals surface area (Å²) in [6.45, 7) is 0.729. The van der Waals surface area contributed by atoms with E-state index in [4.69, 9.17) is 25.7 Å². The van der Waals surface area contributed by atoms with Gasteiger partial charge >= 0.3 is 6.09 Å². The molecule has 1 saturated heterocycles. The van der Waals surface area contributed by atoms with Crippen molar-refractivity contribution in [3.05, 3.63) is 40.4 Å². The number of halogens is 2. The fraction of sp³-hybridized carbons (Fsp3) is 0.333. The summed E-state index contributed by atoms with van der Waals surface area (Å²) in [6, 6.07) is 3.09. The van der Waals surface area contributed by atoms with Crippen LogP contribution in [0.3, 0.4) is 0 Å². The summed E-state index contributed by atoms with van der Waals surface area (Å²) >= 11 is 5.74. The summed E-state index contributed by atoms with van der Waals surface area (Å²) in [5.74, 6) is -0.740. The molecule has 0 bridgehead atoms. The first-order valence-electron chi connectivity index (χ1n) is 7.74. The Labute approximate surface area is 157 Å². The molecular formula is C15H15ClFN5O5. The first-order chi connectivity index (χ1) is 13.0. The summed E-state index contributed by atoms with van der Waals surface area (Å²) in [5, 5.41) is 16.9. The lowest BCUT2D eigenvalue weighted by molar-refractivity contribution is -0.00761. The van der Waals surface area contributed by atoms with Crippen LogP contribution < -0.4 is 5.48 Å². The van der Waals surface area contributed by atoms with Gasteiger partial charge in [-0.25, -0.2) is 18.8 Å². The van der Waals surface area contributed by atoms with E-state index in [2.05, 4.69) is 15.3 Å². The fourth-order valence-electron chi connectivity index (χ4n) is 2.56. The molecule has 1 aromatic carbocycles. The van der Waals surface area contributed by atoms with Crippen LogP contribution in [0.2, 0.25) is 5.02 Å². The maximum atomic E-state index is 13.3. The average molecular weight is 400 g/mol. The molecule has 1 unspecified atom stereocenters. The van der Waals surface area contributed by atoms with E-state index in [1.54, 1.807) is 0 Å². The van der Waals surface area contributed by atoms with Crippen molar-refractivity contribution in [2.45, 2.75) is 6.04 Å². The number of benzene rings is 1. The molecule has 0 saturated carbocycles. The van der Waals surface area contributed by atoms with Crippen molar-refractivity contribution in [3.8, 4) is 0 Å². The van der Waals surface area contributed by atoms with Crippen LogP contribution in [0.5, 0.6) is 0 Å². The first-order valence-corrected chi connectivity index (χ1v) is 8.12. The number of amides is 1. The number of hydrogen-bond acceptors (Lipinski definition) is 8. The Morgan fingerprint density at radius 1 is 1.52 bits per heavy atom. The van der Waals surface area contributed by atoms with Crippen molar-refractivity contribution >= 4 is 29.2 Å². The number of aromatic nitrogens is 2.